The first-order valence-electron chi connectivity index (χ1n) is 28.7. The summed E-state index contributed by atoms with van der Waals surface area (Å²) in [7, 11) is 0. The van der Waals surface area contributed by atoms with Crippen molar-refractivity contribution in [3.05, 3.63) is 102 Å². The van der Waals surface area contributed by atoms with Gasteiger partial charge in [0.2, 0.25) is 41.0 Å². The minimum Gasteiger partial charge on any atom is -0.492 e. The highest BCUT2D eigenvalue weighted by Gasteiger charge is 2.59. The first-order valence-corrected chi connectivity index (χ1v) is 28.7. The van der Waals surface area contributed by atoms with E-state index in [1.54, 1.807) is 66.9 Å². The normalized spacial score (nSPS) is 22.6. The fourth-order valence-corrected chi connectivity index (χ4v) is 12.9. The van der Waals surface area contributed by atoms with E-state index in [4.69, 9.17) is 9.47 Å². The molecule has 6 aliphatic rings. The number of rotatable bonds is 14. The summed E-state index contributed by atoms with van der Waals surface area (Å²) >= 11 is 0. The molecule has 18 nitrogen and oxygen atoms in total. The topological polar surface area (TPSA) is 222 Å². The smallest absolute Gasteiger partial charge is 0.428 e. The lowest BCUT2D eigenvalue weighted by atomic mass is 9.81. The summed E-state index contributed by atoms with van der Waals surface area (Å²) in [5.41, 5.74) is 2.07. The zero-order valence-corrected chi connectivity index (χ0v) is 45.6. The molecule has 4 N–H and O–H groups in total. The molecule has 82 heavy (non-hydrogen) atoms. The van der Waals surface area contributed by atoms with Crippen LogP contribution in [-0.4, -0.2) is 144 Å². The van der Waals surface area contributed by atoms with Crippen molar-refractivity contribution in [2.24, 2.45) is 17.8 Å². The highest BCUT2D eigenvalue weighted by molar-refractivity contribution is 6.02. The predicted molar refractivity (Wildman–Crippen MR) is 297 cm³/mol. The van der Waals surface area contributed by atoms with Crippen molar-refractivity contribution in [2.75, 3.05) is 82.3 Å². The Bertz CT molecular complexity index is 3270. The van der Waals surface area contributed by atoms with Crippen molar-refractivity contribution in [1.82, 2.24) is 35.3 Å². The van der Waals surface area contributed by atoms with Crippen molar-refractivity contribution >= 4 is 57.7 Å². The fourth-order valence-electron chi connectivity index (χ4n) is 12.9. The monoisotopic (exact) mass is 1120 g/mol. The van der Waals surface area contributed by atoms with E-state index in [9.17, 15) is 34.0 Å². The minimum absolute atomic E-state index is 0.00235. The van der Waals surface area contributed by atoms with Gasteiger partial charge in [-0.1, -0.05) is 18.2 Å². The molecule has 7 heterocycles. The molecule has 0 bridgehead atoms. The summed E-state index contributed by atoms with van der Waals surface area (Å²) in [5, 5.41) is 18.5. The third kappa shape index (κ3) is 12.0. The van der Waals surface area contributed by atoms with Gasteiger partial charge in [0, 0.05) is 125 Å². The number of benzene rings is 3. The average molecular weight is 1130 g/mol. The quantitative estimate of drug-likeness (QED) is 0.0631. The highest BCUT2D eigenvalue weighted by Crippen LogP contribution is 2.46. The number of pyridine rings is 1. The Hall–Kier alpha value is -7.99. The standard InChI is InChI=1S/C61H67F3N10O8/c62-61(63,64)60(82-53-7-2-1-5-46(53)52-32-47-41(34-65)4-3-6-50(47)68-52)18-23-73(24-19-60)59(80)49-33-55(76)69-51-14-12-44(31-48(49)51)81-29-20-67-56(77)39-8-10-40(11-9-39)58(79)74-27-25-71(26-28-74)37-38-16-21-72(22-17-38)43-30-42(35-66-36-43)45-13-15-54(75)70-57(45)78/h1-7,12,14,30-32,35-36,38-40,45,49,68H,8-11,13,15-29,33,37H2,(H,67,77)(H,69,76)(H,70,75,78). The zero-order valence-electron chi connectivity index (χ0n) is 45.6. The number of piperidine rings is 3. The van der Waals surface area contributed by atoms with Crippen LogP contribution in [0.15, 0.2) is 85.2 Å². The Labute approximate surface area is 473 Å². The van der Waals surface area contributed by atoms with Crippen LogP contribution in [0.2, 0.25) is 0 Å². The maximum absolute atomic E-state index is 15.2. The number of hydrogen-bond acceptors (Lipinski definition) is 12. The third-order valence-electron chi connectivity index (χ3n) is 17.7. The number of carbonyl (C=O) groups excluding carboxylic acids is 6. The second kappa shape index (κ2) is 23.8. The Morgan fingerprint density at radius 1 is 0.780 bits per heavy atom. The van der Waals surface area contributed by atoms with Crippen molar-refractivity contribution in [1.29, 1.82) is 5.26 Å². The number of H-pyrrole nitrogens is 1. The first-order chi connectivity index (χ1) is 39.6. The number of halogens is 3. The molecular weight excluding hydrogens is 1060 g/mol. The van der Waals surface area contributed by atoms with Crippen LogP contribution in [0.4, 0.5) is 24.5 Å². The number of nitriles is 1. The lowest BCUT2D eigenvalue weighted by molar-refractivity contribution is -0.260. The largest absolute Gasteiger partial charge is 0.492 e. The van der Waals surface area contributed by atoms with Gasteiger partial charge < -0.3 is 39.8 Å². The molecule has 5 aliphatic heterocycles. The number of fused-ring (bicyclic) bond motifs is 2. The third-order valence-corrected chi connectivity index (χ3v) is 17.7. The second-order valence-electron chi connectivity index (χ2n) is 22.8. The maximum atomic E-state index is 15.2. The van der Waals surface area contributed by atoms with Crippen LogP contribution in [0, 0.1) is 29.1 Å². The van der Waals surface area contributed by atoms with Gasteiger partial charge in [0.25, 0.3) is 0 Å². The van der Waals surface area contributed by atoms with Gasteiger partial charge in [0.1, 0.15) is 18.1 Å². The van der Waals surface area contributed by atoms with Gasteiger partial charge in [0.05, 0.1) is 47.6 Å². The van der Waals surface area contributed by atoms with Gasteiger partial charge in [-0.25, -0.2) is 0 Å². The number of likely N-dealkylation sites (tertiary alicyclic amines) is 1. The van der Waals surface area contributed by atoms with E-state index in [2.05, 4.69) is 41.8 Å². The van der Waals surface area contributed by atoms with E-state index in [0.717, 1.165) is 56.8 Å². The molecule has 5 fully saturated rings. The average Bonchev–Trinajstić information content (AvgIpc) is 3.97. The number of imide groups is 1. The number of piperazine rings is 1. The Morgan fingerprint density at radius 2 is 1.52 bits per heavy atom. The van der Waals surface area contributed by atoms with Crippen LogP contribution in [0.25, 0.3) is 22.2 Å². The number of para-hydroxylation sites is 1. The summed E-state index contributed by atoms with van der Waals surface area (Å²) in [4.78, 5) is 94.0. The number of anilines is 2. The summed E-state index contributed by atoms with van der Waals surface area (Å²) < 4.78 is 57.5. The second-order valence-corrected chi connectivity index (χ2v) is 22.8. The molecule has 0 spiro atoms. The molecule has 2 unspecified atom stereocenters. The lowest BCUT2D eigenvalue weighted by Gasteiger charge is -2.43. The minimum atomic E-state index is -4.80. The van der Waals surface area contributed by atoms with Gasteiger partial charge in [-0.3, -0.25) is 44.0 Å². The van der Waals surface area contributed by atoms with Gasteiger partial charge >= 0.3 is 6.18 Å². The molecule has 6 amide bonds. The summed E-state index contributed by atoms with van der Waals surface area (Å²) in [6, 6.07) is 22.4. The molecule has 21 heteroatoms. The van der Waals surface area contributed by atoms with Crippen LogP contribution in [0.3, 0.4) is 0 Å². The number of aromatic amines is 1. The van der Waals surface area contributed by atoms with Gasteiger partial charge in [0.15, 0.2) is 0 Å². The molecular formula is C61H67F3N10O8. The number of amides is 6. The molecule has 430 valence electrons. The zero-order chi connectivity index (χ0) is 57.1. The van der Waals surface area contributed by atoms with Gasteiger partial charge in [-0.15, -0.1) is 0 Å². The molecule has 5 aromatic rings. The highest BCUT2D eigenvalue weighted by atomic mass is 19.4. The summed E-state index contributed by atoms with van der Waals surface area (Å²) in [6.07, 6.45) is 2.89. The van der Waals surface area contributed by atoms with Crippen LogP contribution in [-0.2, 0) is 28.8 Å². The van der Waals surface area contributed by atoms with Crippen molar-refractivity contribution < 1.29 is 51.4 Å². The molecule has 4 saturated heterocycles. The molecule has 3 aromatic carbocycles. The van der Waals surface area contributed by atoms with Crippen molar-refractivity contribution in [3.63, 3.8) is 0 Å². The van der Waals surface area contributed by atoms with Crippen molar-refractivity contribution in [2.45, 2.75) is 94.2 Å². The number of aromatic nitrogens is 2. The molecule has 2 aromatic heterocycles. The molecule has 1 aliphatic carbocycles. The maximum Gasteiger partial charge on any atom is 0.428 e. The molecule has 1 saturated carbocycles. The Balaban J connectivity index is 0.607. The van der Waals surface area contributed by atoms with Crippen LogP contribution < -0.4 is 30.3 Å². The number of hydrogen-bond donors (Lipinski definition) is 4. The molecule has 0 radical (unpaired) electrons. The van der Waals surface area contributed by atoms with E-state index in [-0.39, 0.29) is 79.8 Å². The van der Waals surface area contributed by atoms with E-state index in [1.165, 1.54) is 11.0 Å². The number of carbonyl (C=O) groups is 6. The summed E-state index contributed by atoms with van der Waals surface area (Å²) in [6.45, 7) is 5.59. The van der Waals surface area contributed by atoms with E-state index in [1.807, 2.05) is 17.2 Å². The van der Waals surface area contributed by atoms with E-state index >= 15 is 13.2 Å². The van der Waals surface area contributed by atoms with Gasteiger partial charge in [-0.2, -0.15) is 18.4 Å². The van der Waals surface area contributed by atoms with Crippen LogP contribution in [0.5, 0.6) is 11.5 Å². The molecule has 11 rings (SSSR count). The Morgan fingerprint density at radius 3 is 2.27 bits per heavy atom. The number of ether oxygens (including phenoxy) is 2. The van der Waals surface area contributed by atoms with Crippen LogP contribution in [0.1, 0.15) is 99.2 Å². The van der Waals surface area contributed by atoms with Crippen LogP contribution >= 0.6 is 0 Å². The molecule has 2 atom stereocenters. The lowest BCUT2D eigenvalue weighted by Crippen LogP contribution is -2.58. The fraction of sp³-hybridized carbons (Fsp3) is 0.475. The SMILES string of the molecule is N#Cc1cccc2[nH]c(-c3ccccc3OC3(C(F)(F)F)CCN(C(=O)C4CC(=O)Nc5ccc(OCCNC(=O)C6CCC(C(=O)N7CCN(CC8CCN(c9cncc(C%10CCC(=O)NC%10=O)c9)CC8)CC7)CC6)cc54)CC3)cc12. The van der Waals surface area contributed by atoms with Gasteiger partial charge in [-0.05, 0) is 117 Å². The number of nitrogens with one attached hydrogen (secondary N) is 4. The first kappa shape index (κ1) is 55.9. The Kier molecular flexibility index (Phi) is 16.3. The van der Waals surface area contributed by atoms with Crippen molar-refractivity contribution in [3.8, 4) is 28.8 Å². The van der Waals surface area contributed by atoms with E-state index < -0.39 is 42.4 Å². The predicted octanol–water partition coefficient (Wildman–Crippen LogP) is 7.41. The summed E-state index contributed by atoms with van der Waals surface area (Å²) in [5.74, 6) is -2.01. The number of nitrogens with zero attached hydrogens (tertiary/aromatic N) is 6. The number of alkyl halides is 3. The van der Waals surface area contributed by atoms with E-state index in [0.29, 0.717) is 102 Å².